The summed E-state index contributed by atoms with van der Waals surface area (Å²) < 4.78 is 0. The monoisotopic (exact) mass is 294 g/mol. The molecule has 1 aliphatic heterocycles. The van der Waals surface area contributed by atoms with E-state index >= 15 is 0 Å². The first kappa shape index (κ1) is 17.3. The Morgan fingerprint density at radius 1 is 1.00 bits per heavy atom. The highest BCUT2D eigenvalue weighted by molar-refractivity contribution is 4.94. The van der Waals surface area contributed by atoms with Gasteiger partial charge in [-0.25, -0.2) is 0 Å². The summed E-state index contributed by atoms with van der Waals surface area (Å²) in [6.45, 7) is 9.58. The second kappa shape index (κ2) is 9.15. The third kappa shape index (κ3) is 4.45. The first-order valence-corrected chi connectivity index (χ1v) is 9.80. The van der Waals surface area contributed by atoms with E-state index in [-0.39, 0.29) is 0 Å². The maximum Gasteiger partial charge on any atom is 0.0249 e. The van der Waals surface area contributed by atoms with E-state index in [1.807, 2.05) is 0 Å². The molecule has 1 heterocycles. The molecule has 0 aromatic carbocycles. The molecular formula is C19H38N2. The van der Waals surface area contributed by atoms with Gasteiger partial charge in [-0.05, 0) is 64.0 Å². The van der Waals surface area contributed by atoms with Crippen LogP contribution >= 0.6 is 0 Å². The van der Waals surface area contributed by atoms with Crippen LogP contribution in [0.3, 0.4) is 0 Å². The van der Waals surface area contributed by atoms with Crippen molar-refractivity contribution in [2.45, 2.75) is 103 Å². The van der Waals surface area contributed by atoms with E-state index in [4.69, 9.17) is 0 Å². The molecule has 0 aromatic rings. The first-order chi connectivity index (χ1) is 10.3. The molecule has 1 N–H and O–H groups in total. The smallest absolute Gasteiger partial charge is 0.0249 e. The summed E-state index contributed by atoms with van der Waals surface area (Å²) in [6, 6.07) is 2.38. The fraction of sp³-hybridized carbons (Fsp3) is 1.00. The molecule has 1 saturated carbocycles. The van der Waals surface area contributed by atoms with Crippen LogP contribution < -0.4 is 5.32 Å². The van der Waals surface area contributed by atoms with Crippen molar-refractivity contribution in [1.82, 2.24) is 10.2 Å². The van der Waals surface area contributed by atoms with Gasteiger partial charge < -0.3 is 5.32 Å². The summed E-state index contributed by atoms with van der Waals surface area (Å²) in [5.41, 5.74) is 0. The number of fused-ring (bicyclic) bond motifs is 1. The van der Waals surface area contributed by atoms with Crippen LogP contribution in [-0.2, 0) is 0 Å². The van der Waals surface area contributed by atoms with Crippen LogP contribution in [0.1, 0.15) is 85.0 Å². The second-order valence-corrected chi connectivity index (χ2v) is 7.32. The molecule has 0 radical (unpaired) electrons. The Labute approximate surface area is 133 Å². The van der Waals surface area contributed by atoms with Crippen molar-refractivity contribution in [1.29, 1.82) is 0 Å². The van der Waals surface area contributed by atoms with E-state index in [1.165, 1.54) is 77.3 Å². The summed E-state index contributed by atoms with van der Waals surface area (Å²) in [7, 11) is 0. The molecule has 2 fully saturated rings. The largest absolute Gasteiger partial charge is 0.312 e. The third-order valence-corrected chi connectivity index (χ3v) is 5.85. The van der Waals surface area contributed by atoms with Crippen LogP contribution in [0.4, 0.5) is 0 Å². The summed E-state index contributed by atoms with van der Waals surface area (Å²) >= 11 is 0. The van der Waals surface area contributed by atoms with Crippen molar-refractivity contribution >= 4 is 0 Å². The number of nitrogens with one attached hydrogen (secondary N) is 1. The predicted molar refractivity (Wildman–Crippen MR) is 92.8 cm³/mol. The van der Waals surface area contributed by atoms with Crippen molar-refractivity contribution < 1.29 is 0 Å². The van der Waals surface area contributed by atoms with Gasteiger partial charge in [0.1, 0.15) is 0 Å². The minimum Gasteiger partial charge on any atom is -0.312 e. The number of hydrogen-bond donors (Lipinski definition) is 1. The van der Waals surface area contributed by atoms with E-state index in [1.54, 1.807) is 0 Å². The maximum atomic E-state index is 3.87. The summed E-state index contributed by atoms with van der Waals surface area (Å²) in [5, 5.41) is 3.87. The Hall–Kier alpha value is -0.0800. The Morgan fingerprint density at radius 3 is 2.48 bits per heavy atom. The van der Waals surface area contributed by atoms with Gasteiger partial charge in [-0.1, -0.05) is 40.0 Å². The Balaban J connectivity index is 2.05. The quantitative estimate of drug-likeness (QED) is 0.704. The van der Waals surface area contributed by atoms with Gasteiger partial charge in [0, 0.05) is 18.1 Å². The lowest BCUT2D eigenvalue weighted by molar-refractivity contribution is 0.00952. The van der Waals surface area contributed by atoms with Crippen LogP contribution in [0.2, 0.25) is 0 Å². The van der Waals surface area contributed by atoms with E-state index < -0.39 is 0 Å². The number of nitrogens with zero attached hydrogens (tertiary/aromatic N) is 1. The number of likely N-dealkylation sites (tertiary alicyclic amines) is 1. The third-order valence-electron chi connectivity index (χ3n) is 5.85. The van der Waals surface area contributed by atoms with Gasteiger partial charge in [-0.15, -0.1) is 0 Å². The van der Waals surface area contributed by atoms with Crippen LogP contribution in [-0.4, -0.2) is 36.1 Å². The molecule has 2 nitrogen and oxygen atoms in total. The average molecular weight is 295 g/mol. The zero-order valence-electron chi connectivity index (χ0n) is 14.7. The molecule has 0 bridgehead atoms. The van der Waals surface area contributed by atoms with Gasteiger partial charge in [-0.3, -0.25) is 4.90 Å². The lowest BCUT2D eigenvalue weighted by Gasteiger charge is -2.49. The minimum atomic E-state index is 0.709. The van der Waals surface area contributed by atoms with Crippen LogP contribution in [0.5, 0.6) is 0 Å². The highest BCUT2D eigenvalue weighted by atomic mass is 15.2. The molecule has 1 saturated heterocycles. The normalized spacial score (nSPS) is 29.9. The van der Waals surface area contributed by atoms with Gasteiger partial charge in [-0.2, -0.15) is 0 Å². The van der Waals surface area contributed by atoms with Gasteiger partial charge in [0.05, 0.1) is 0 Å². The SMILES string of the molecule is CCCNC(CCC)C(CC)N1CCC[C@H]2CCCC[C@H]21. The zero-order chi connectivity index (χ0) is 15.1. The Kier molecular flexibility index (Phi) is 7.53. The number of hydrogen-bond acceptors (Lipinski definition) is 2. The van der Waals surface area contributed by atoms with Crippen molar-refractivity contribution in [3.05, 3.63) is 0 Å². The minimum absolute atomic E-state index is 0.709. The molecule has 0 spiro atoms. The fourth-order valence-electron chi connectivity index (χ4n) is 4.90. The van der Waals surface area contributed by atoms with Crippen LogP contribution in [0, 0.1) is 5.92 Å². The molecule has 4 atom stereocenters. The van der Waals surface area contributed by atoms with Crippen LogP contribution in [0.15, 0.2) is 0 Å². The average Bonchev–Trinajstić information content (AvgIpc) is 2.53. The molecule has 1 aliphatic carbocycles. The Morgan fingerprint density at radius 2 is 1.76 bits per heavy atom. The number of rotatable bonds is 8. The standard InChI is InChI=1S/C19H38N2/c1-4-10-17(20-14-5-2)18(6-3)21-15-9-12-16-11-7-8-13-19(16)21/h16-20H,4-15H2,1-3H3/t16-,17?,18?,19-/m1/s1. The van der Waals surface area contributed by atoms with Gasteiger partial charge in [0.2, 0.25) is 0 Å². The molecule has 2 heteroatoms. The van der Waals surface area contributed by atoms with Crippen molar-refractivity contribution in [2.75, 3.05) is 13.1 Å². The Bertz CT molecular complexity index is 277. The molecule has 2 rings (SSSR count). The van der Waals surface area contributed by atoms with Crippen molar-refractivity contribution in [2.24, 2.45) is 5.92 Å². The topological polar surface area (TPSA) is 15.3 Å². The molecular weight excluding hydrogens is 256 g/mol. The van der Waals surface area contributed by atoms with Crippen LogP contribution in [0.25, 0.3) is 0 Å². The van der Waals surface area contributed by atoms with Crippen molar-refractivity contribution in [3.63, 3.8) is 0 Å². The summed E-state index contributed by atoms with van der Waals surface area (Å²) in [6.07, 6.45) is 14.1. The fourth-order valence-corrected chi connectivity index (χ4v) is 4.90. The van der Waals surface area contributed by atoms with E-state index in [0.29, 0.717) is 6.04 Å². The molecule has 0 aromatic heterocycles. The highest BCUT2D eigenvalue weighted by Crippen LogP contribution is 2.37. The van der Waals surface area contributed by atoms with Gasteiger partial charge >= 0.3 is 0 Å². The van der Waals surface area contributed by atoms with Crippen molar-refractivity contribution in [3.8, 4) is 0 Å². The van der Waals surface area contributed by atoms with E-state index in [0.717, 1.165) is 18.0 Å². The van der Waals surface area contributed by atoms with E-state index in [2.05, 4.69) is 31.0 Å². The predicted octanol–water partition coefficient (Wildman–Crippen LogP) is 4.59. The van der Waals surface area contributed by atoms with E-state index in [9.17, 15) is 0 Å². The highest BCUT2D eigenvalue weighted by Gasteiger charge is 2.38. The molecule has 124 valence electrons. The first-order valence-electron chi connectivity index (χ1n) is 9.80. The molecule has 2 unspecified atom stereocenters. The molecule has 2 aliphatic rings. The van der Waals surface area contributed by atoms with Gasteiger partial charge in [0.15, 0.2) is 0 Å². The summed E-state index contributed by atoms with van der Waals surface area (Å²) in [4.78, 5) is 2.94. The molecule has 0 amide bonds. The second-order valence-electron chi connectivity index (χ2n) is 7.32. The summed E-state index contributed by atoms with van der Waals surface area (Å²) in [5.74, 6) is 1.01. The molecule has 21 heavy (non-hydrogen) atoms. The lowest BCUT2D eigenvalue weighted by atomic mass is 9.77. The lowest BCUT2D eigenvalue weighted by Crippen LogP contribution is -2.57. The number of piperidine rings is 1. The maximum absolute atomic E-state index is 3.87. The zero-order valence-corrected chi connectivity index (χ0v) is 14.7. The van der Waals surface area contributed by atoms with Gasteiger partial charge in [0.25, 0.3) is 0 Å².